The number of aryl methyl sites for hydroxylation is 2. The first-order valence-corrected chi connectivity index (χ1v) is 8.78. The number of ether oxygens (including phenoxy) is 3. The number of methoxy groups -OCH3 is 3. The molecular formula is C21H24N4O3. The number of nitrogens with zero attached hydrogens (tertiary/aromatic N) is 2. The van der Waals surface area contributed by atoms with Crippen LogP contribution in [0, 0.1) is 13.8 Å². The molecule has 0 aliphatic heterocycles. The van der Waals surface area contributed by atoms with Crippen LogP contribution in [-0.2, 0) is 0 Å². The fourth-order valence-electron chi connectivity index (χ4n) is 2.78. The summed E-state index contributed by atoms with van der Waals surface area (Å²) in [4.78, 5) is 8.85. The van der Waals surface area contributed by atoms with Crippen LogP contribution < -0.4 is 24.8 Å². The molecule has 146 valence electrons. The Kier molecular flexibility index (Phi) is 5.84. The van der Waals surface area contributed by atoms with Crippen LogP contribution in [0.1, 0.15) is 11.1 Å². The number of benzene rings is 2. The van der Waals surface area contributed by atoms with Gasteiger partial charge in [0.05, 0.1) is 21.3 Å². The van der Waals surface area contributed by atoms with Crippen molar-refractivity contribution in [1.82, 2.24) is 9.97 Å². The van der Waals surface area contributed by atoms with E-state index >= 15 is 0 Å². The molecule has 1 heterocycles. The molecule has 0 saturated heterocycles. The molecule has 0 aliphatic carbocycles. The van der Waals surface area contributed by atoms with E-state index in [0.717, 1.165) is 16.9 Å². The van der Waals surface area contributed by atoms with Gasteiger partial charge >= 0.3 is 0 Å². The lowest BCUT2D eigenvalue weighted by Gasteiger charge is -2.15. The van der Waals surface area contributed by atoms with E-state index in [1.807, 2.05) is 26.0 Å². The zero-order chi connectivity index (χ0) is 20.1. The topological polar surface area (TPSA) is 77.5 Å². The summed E-state index contributed by atoms with van der Waals surface area (Å²) in [6.07, 6.45) is 1.70. The SMILES string of the molecule is COc1cc(Nc2ccnc(Nc3cc(C)ccc3C)n2)cc(OC)c1OC. The van der Waals surface area contributed by atoms with Gasteiger partial charge in [0.15, 0.2) is 11.5 Å². The molecule has 0 unspecified atom stereocenters. The normalized spacial score (nSPS) is 10.3. The van der Waals surface area contributed by atoms with Crippen LogP contribution >= 0.6 is 0 Å². The van der Waals surface area contributed by atoms with E-state index in [4.69, 9.17) is 14.2 Å². The van der Waals surface area contributed by atoms with Gasteiger partial charge in [-0.2, -0.15) is 4.98 Å². The maximum atomic E-state index is 5.39. The fourth-order valence-corrected chi connectivity index (χ4v) is 2.78. The molecule has 0 bridgehead atoms. The maximum Gasteiger partial charge on any atom is 0.229 e. The minimum atomic E-state index is 0.506. The van der Waals surface area contributed by atoms with Gasteiger partial charge in [-0.05, 0) is 37.1 Å². The summed E-state index contributed by atoms with van der Waals surface area (Å²) in [6.45, 7) is 4.09. The van der Waals surface area contributed by atoms with Gasteiger partial charge < -0.3 is 24.8 Å². The molecule has 3 rings (SSSR count). The molecule has 7 nitrogen and oxygen atoms in total. The van der Waals surface area contributed by atoms with E-state index < -0.39 is 0 Å². The van der Waals surface area contributed by atoms with Crippen molar-refractivity contribution in [2.45, 2.75) is 13.8 Å². The monoisotopic (exact) mass is 380 g/mol. The fraction of sp³-hybridized carbons (Fsp3) is 0.238. The lowest BCUT2D eigenvalue weighted by Crippen LogP contribution is -2.02. The molecule has 0 atom stereocenters. The Hall–Kier alpha value is -3.48. The van der Waals surface area contributed by atoms with Crippen molar-refractivity contribution < 1.29 is 14.2 Å². The lowest BCUT2D eigenvalue weighted by molar-refractivity contribution is 0.324. The minimum absolute atomic E-state index is 0.506. The highest BCUT2D eigenvalue weighted by Gasteiger charge is 2.13. The van der Waals surface area contributed by atoms with Gasteiger partial charge in [0.1, 0.15) is 5.82 Å². The van der Waals surface area contributed by atoms with Gasteiger partial charge in [-0.25, -0.2) is 4.98 Å². The zero-order valence-electron chi connectivity index (χ0n) is 16.7. The summed E-state index contributed by atoms with van der Waals surface area (Å²) in [6, 6.07) is 11.6. The van der Waals surface area contributed by atoms with Crippen LogP contribution in [0.3, 0.4) is 0 Å². The molecule has 0 saturated carbocycles. The van der Waals surface area contributed by atoms with Crippen molar-refractivity contribution in [1.29, 1.82) is 0 Å². The van der Waals surface area contributed by atoms with Gasteiger partial charge in [0, 0.05) is 29.7 Å². The van der Waals surface area contributed by atoms with Crippen LogP contribution in [-0.4, -0.2) is 31.3 Å². The summed E-state index contributed by atoms with van der Waals surface area (Å²) in [5.41, 5.74) is 4.02. The van der Waals surface area contributed by atoms with E-state index in [-0.39, 0.29) is 0 Å². The quantitative estimate of drug-likeness (QED) is 0.620. The van der Waals surface area contributed by atoms with Crippen LogP contribution in [0.25, 0.3) is 0 Å². The Morgan fingerprint density at radius 2 is 1.54 bits per heavy atom. The summed E-state index contributed by atoms with van der Waals surface area (Å²) in [5, 5.41) is 6.52. The molecular weight excluding hydrogens is 356 g/mol. The molecule has 0 radical (unpaired) electrons. The number of hydrogen-bond acceptors (Lipinski definition) is 7. The Bertz CT molecular complexity index is 951. The smallest absolute Gasteiger partial charge is 0.229 e. The average Bonchev–Trinajstić information content (AvgIpc) is 2.70. The van der Waals surface area contributed by atoms with Gasteiger partial charge in [-0.15, -0.1) is 0 Å². The second kappa shape index (κ2) is 8.47. The van der Waals surface area contributed by atoms with Crippen LogP contribution in [0.15, 0.2) is 42.6 Å². The van der Waals surface area contributed by atoms with Crippen molar-refractivity contribution in [2.75, 3.05) is 32.0 Å². The summed E-state index contributed by atoms with van der Waals surface area (Å²) in [5.74, 6) is 2.80. The highest BCUT2D eigenvalue weighted by atomic mass is 16.5. The molecule has 0 spiro atoms. The third kappa shape index (κ3) is 4.25. The number of nitrogens with one attached hydrogen (secondary N) is 2. The average molecular weight is 380 g/mol. The largest absolute Gasteiger partial charge is 0.493 e. The second-order valence-corrected chi connectivity index (χ2v) is 6.25. The van der Waals surface area contributed by atoms with Gasteiger partial charge in [0.25, 0.3) is 0 Å². The summed E-state index contributed by atoms with van der Waals surface area (Å²) < 4.78 is 16.1. The lowest BCUT2D eigenvalue weighted by atomic mass is 10.1. The molecule has 0 amide bonds. The molecule has 2 N–H and O–H groups in total. The Labute approximate surface area is 164 Å². The van der Waals surface area contributed by atoms with E-state index in [1.54, 1.807) is 33.6 Å². The first kappa shape index (κ1) is 19.3. The van der Waals surface area contributed by atoms with E-state index in [0.29, 0.717) is 29.0 Å². The Morgan fingerprint density at radius 1 is 0.821 bits per heavy atom. The number of rotatable bonds is 7. The van der Waals surface area contributed by atoms with Crippen LogP contribution in [0.4, 0.5) is 23.1 Å². The van der Waals surface area contributed by atoms with Crippen LogP contribution in [0.5, 0.6) is 17.2 Å². The summed E-state index contributed by atoms with van der Waals surface area (Å²) >= 11 is 0. The molecule has 28 heavy (non-hydrogen) atoms. The standard InChI is InChI=1S/C21H24N4O3/c1-13-6-7-14(2)16(10-13)24-21-22-9-8-19(25-21)23-15-11-17(26-3)20(28-5)18(12-15)27-4/h6-12H,1-5H3,(H2,22,23,24,25). The minimum Gasteiger partial charge on any atom is -0.493 e. The zero-order valence-corrected chi connectivity index (χ0v) is 16.7. The summed E-state index contributed by atoms with van der Waals surface area (Å²) in [7, 11) is 4.74. The van der Waals surface area contributed by atoms with E-state index in [2.05, 4.69) is 38.8 Å². The second-order valence-electron chi connectivity index (χ2n) is 6.25. The number of anilines is 4. The highest BCUT2D eigenvalue weighted by molar-refractivity contribution is 5.67. The van der Waals surface area contributed by atoms with E-state index in [1.165, 1.54) is 5.56 Å². The van der Waals surface area contributed by atoms with Crippen molar-refractivity contribution in [2.24, 2.45) is 0 Å². The highest BCUT2D eigenvalue weighted by Crippen LogP contribution is 2.40. The first-order chi connectivity index (χ1) is 13.5. The molecule has 0 fully saturated rings. The van der Waals surface area contributed by atoms with Gasteiger partial charge in [-0.3, -0.25) is 0 Å². The van der Waals surface area contributed by atoms with Crippen molar-refractivity contribution in [3.63, 3.8) is 0 Å². The first-order valence-electron chi connectivity index (χ1n) is 8.78. The molecule has 7 heteroatoms. The third-order valence-electron chi connectivity index (χ3n) is 4.23. The molecule has 2 aromatic carbocycles. The third-order valence-corrected chi connectivity index (χ3v) is 4.23. The van der Waals surface area contributed by atoms with Gasteiger partial charge in [-0.1, -0.05) is 12.1 Å². The molecule has 0 aliphatic rings. The van der Waals surface area contributed by atoms with Crippen molar-refractivity contribution >= 4 is 23.1 Å². The molecule has 1 aromatic heterocycles. The Balaban J connectivity index is 1.86. The predicted octanol–water partition coefficient (Wildman–Crippen LogP) is 4.61. The number of hydrogen-bond donors (Lipinski definition) is 2. The Morgan fingerprint density at radius 3 is 2.18 bits per heavy atom. The van der Waals surface area contributed by atoms with Gasteiger partial charge in [0.2, 0.25) is 11.7 Å². The van der Waals surface area contributed by atoms with Crippen LogP contribution in [0.2, 0.25) is 0 Å². The van der Waals surface area contributed by atoms with Crippen molar-refractivity contribution in [3.05, 3.63) is 53.7 Å². The predicted molar refractivity (Wildman–Crippen MR) is 111 cm³/mol. The molecule has 3 aromatic rings. The van der Waals surface area contributed by atoms with E-state index in [9.17, 15) is 0 Å². The van der Waals surface area contributed by atoms with Crippen molar-refractivity contribution in [3.8, 4) is 17.2 Å². The number of aromatic nitrogens is 2. The maximum absolute atomic E-state index is 5.39.